The Morgan fingerprint density at radius 1 is 0.942 bits per heavy atom. The highest BCUT2D eigenvalue weighted by atomic mass is 79.9. The molecule has 0 aliphatic carbocycles. The van der Waals surface area contributed by atoms with E-state index in [-0.39, 0.29) is 43.1 Å². The highest BCUT2D eigenvalue weighted by molar-refractivity contribution is 9.69. The fraction of sp³-hybridized carbons (Fsp3) is 0.472. The summed E-state index contributed by atoms with van der Waals surface area (Å²) in [6.45, 7) is 13.3. The maximum absolute atomic E-state index is 12.2. The molecule has 2 aliphatic rings. The summed E-state index contributed by atoms with van der Waals surface area (Å²) in [6.07, 6.45) is 2.37. The molecule has 2 heterocycles. The van der Waals surface area contributed by atoms with Gasteiger partial charge < -0.3 is 40.4 Å². The van der Waals surface area contributed by atoms with E-state index in [2.05, 4.69) is 78.6 Å². The van der Waals surface area contributed by atoms with Crippen LogP contribution in [0.1, 0.15) is 59.7 Å². The molecular formula is C36H52BBr4Cl2N3O6. The van der Waals surface area contributed by atoms with Crippen LogP contribution in [-0.4, -0.2) is 69.2 Å². The zero-order valence-electron chi connectivity index (χ0n) is 30.8. The quantitative estimate of drug-likeness (QED) is 0.151. The van der Waals surface area contributed by atoms with E-state index < -0.39 is 5.60 Å². The lowest BCUT2D eigenvalue weighted by molar-refractivity contribution is 0.0222. The predicted molar refractivity (Wildman–Crippen MR) is 233 cm³/mol. The van der Waals surface area contributed by atoms with Gasteiger partial charge >= 0.3 is 9.28 Å². The van der Waals surface area contributed by atoms with Crippen molar-refractivity contribution in [2.75, 3.05) is 39.2 Å². The number of hydrogen-bond acceptors (Lipinski definition) is 8. The molecule has 5 rings (SSSR count). The number of rotatable bonds is 4. The summed E-state index contributed by atoms with van der Waals surface area (Å²) >= 11 is 18.8. The molecule has 292 valence electrons. The van der Waals surface area contributed by atoms with Crippen LogP contribution in [-0.2, 0) is 37.1 Å². The Balaban J connectivity index is 0.000000706. The van der Waals surface area contributed by atoms with E-state index in [9.17, 15) is 15.0 Å². The number of benzene rings is 3. The number of phenolic OH excluding ortho intramolecular Hbond substituents is 2. The maximum atomic E-state index is 12.2. The molecule has 0 bridgehead atoms. The Labute approximate surface area is 355 Å². The summed E-state index contributed by atoms with van der Waals surface area (Å²) in [5.74, 6) is 2.11. The number of nitrogens with two attached hydrogens (primary N) is 1. The first-order valence-electron chi connectivity index (χ1n) is 16.3. The molecule has 0 atom stereocenters. The van der Waals surface area contributed by atoms with Gasteiger partial charge in [-0.15, -0.1) is 87.5 Å². The topological polar surface area (TPSA) is 127 Å². The number of aromatic hydroxyl groups is 2. The van der Waals surface area contributed by atoms with Gasteiger partial charge in [0.1, 0.15) is 28.6 Å². The molecule has 16 heteroatoms. The summed E-state index contributed by atoms with van der Waals surface area (Å²) < 4.78 is 16.3. The minimum absolute atomic E-state index is 0. The van der Waals surface area contributed by atoms with Gasteiger partial charge in [-0.1, -0.05) is 12.1 Å². The SMILES string of the molecule is Br.BrB(Br)Br.COc1cc(C)cc(CCN)c1.COc1cc(C)cc2c1CN(C(=O)OC(C)(C)C)CC2.ClCCl.Oc1cc(O)c2c(c1)CCNC2. The van der Waals surface area contributed by atoms with Crippen molar-refractivity contribution in [1.29, 1.82) is 0 Å². The lowest BCUT2D eigenvalue weighted by atomic mass is 9.97. The van der Waals surface area contributed by atoms with E-state index in [1.165, 1.54) is 28.3 Å². The smallest absolute Gasteiger partial charge is 0.410 e. The number of hydrogen-bond donors (Lipinski definition) is 4. The monoisotopic (exact) mass is 1020 g/mol. The lowest BCUT2D eigenvalue weighted by Gasteiger charge is -2.32. The van der Waals surface area contributed by atoms with Gasteiger partial charge in [-0.05, 0) is 119 Å². The van der Waals surface area contributed by atoms with E-state index >= 15 is 0 Å². The van der Waals surface area contributed by atoms with Crippen molar-refractivity contribution in [2.24, 2.45) is 5.73 Å². The second kappa shape index (κ2) is 26.4. The number of phenols is 2. The third kappa shape index (κ3) is 19.8. The normalized spacial score (nSPS) is 12.4. The van der Waals surface area contributed by atoms with Gasteiger partial charge in [-0.25, -0.2) is 4.79 Å². The van der Waals surface area contributed by atoms with Crippen molar-refractivity contribution >= 4 is 96.7 Å². The molecule has 0 saturated heterocycles. The number of alkyl halides is 2. The third-order valence-electron chi connectivity index (χ3n) is 7.27. The van der Waals surface area contributed by atoms with Gasteiger partial charge in [0.15, 0.2) is 0 Å². The third-order valence-corrected chi connectivity index (χ3v) is 7.27. The highest BCUT2D eigenvalue weighted by Gasteiger charge is 2.27. The van der Waals surface area contributed by atoms with Gasteiger partial charge in [0.25, 0.3) is 0 Å². The Hall–Kier alpha value is -1.39. The Morgan fingerprint density at radius 2 is 1.54 bits per heavy atom. The van der Waals surface area contributed by atoms with Crippen molar-refractivity contribution in [2.45, 2.75) is 72.6 Å². The molecule has 52 heavy (non-hydrogen) atoms. The summed E-state index contributed by atoms with van der Waals surface area (Å²) in [4.78, 5) is 13.9. The molecule has 0 radical (unpaired) electrons. The second-order valence-electron chi connectivity index (χ2n) is 12.5. The van der Waals surface area contributed by atoms with Crippen LogP contribution in [0.25, 0.3) is 0 Å². The van der Waals surface area contributed by atoms with Crippen LogP contribution in [0.5, 0.6) is 23.0 Å². The van der Waals surface area contributed by atoms with Gasteiger partial charge in [0.2, 0.25) is 0 Å². The van der Waals surface area contributed by atoms with E-state index in [1.54, 1.807) is 25.2 Å². The van der Waals surface area contributed by atoms with Crippen LogP contribution in [0.2, 0.25) is 0 Å². The molecule has 0 aromatic heterocycles. The summed E-state index contributed by atoms with van der Waals surface area (Å²) in [6, 6.07) is 13.5. The highest BCUT2D eigenvalue weighted by Crippen LogP contribution is 2.31. The molecule has 0 saturated carbocycles. The average molecular weight is 1020 g/mol. The van der Waals surface area contributed by atoms with Crippen LogP contribution >= 0.6 is 87.5 Å². The van der Waals surface area contributed by atoms with Crippen LogP contribution in [0.4, 0.5) is 4.79 Å². The van der Waals surface area contributed by atoms with Crippen molar-refractivity contribution in [3.8, 4) is 23.0 Å². The molecule has 5 N–H and O–H groups in total. The Bertz CT molecular complexity index is 1500. The van der Waals surface area contributed by atoms with E-state index in [0.29, 0.717) is 26.2 Å². The van der Waals surface area contributed by atoms with Gasteiger partial charge in [-0.3, -0.25) is 0 Å². The average Bonchev–Trinajstić information content (AvgIpc) is 3.04. The van der Waals surface area contributed by atoms with E-state index in [1.807, 2.05) is 39.0 Å². The largest absolute Gasteiger partial charge is 0.508 e. The number of carbonyl (C=O) groups excluding carboxylic acids is 1. The fourth-order valence-corrected chi connectivity index (χ4v) is 5.26. The minimum Gasteiger partial charge on any atom is -0.508 e. The van der Waals surface area contributed by atoms with Crippen LogP contribution in [0.3, 0.4) is 0 Å². The molecule has 2 aliphatic heterocycles. The second-order valence-corrected chi connectivity index (χ2v) is 19.8. The standard InChI is InChI=1S/C16H23NO3.C10H15NO.C9H11NO2.CH2Cl2.BBr3.BrH/c1-11-8-12-6-7-17(15(18)20-16(2,3)4)10-13(12)14(9-11)19-5;1-8-5-9(3-4-11)7-10(6-8)12-2;11-7-3-6-1-2-10-5-8(6)9(12)4-7;2-1-3;2-1(3)4;/h8-9H,6-7,10H2,1-5H3;5-7H,3-4,11H2,1-2H3;3-4,10-12H,1-2,5H2;1H2;;1H. The Kier molecular flexibility index (Phi) is 25.7. The Morgan fingerprint density at radius 3 is 2.10 bits per heavy atom. The number of nitrogens with zero attached hydrogens (tertiary/aromatic N) is 1. The number of halogens is 6. The number of amides is 1. The van der Waals surface area contributed by atoms with E-state index in [0.717, 1.165) is 54.0 Å². The molecule has 3 aromatic carbocycles. The first-order valence-corrected chi connectivity index (χ1v) is 20.1. The number of ether oxygens (including phenoxy) is 3. The first kappa shape index (κ1) is 50.6. The number of fused-ring (bicyclic) bond motifs is 2. The number of nitrogens with one attached hydrogen (secondary N) is 1. The number of methoxy groups -OCH3 is 2. The molecule has 0 fully saturated rings. The number of carbonyl (C=O) groups is 1. The van der Waals surface area contributed by atoms with Crippen LogP contribution < -0.4 is 20.5 Å². The molecular weight excluding hydrogens is 972 g/mol. The molecule has 9 nitrogen and oxygen atoms in total. The zero-order chi connectivity index (χ0) is 38.7. The van der Waals surface area contributed by atoms with Crippen molar-refractivity contribution in [3.05, 3.63) is 81.4 Å². The van der Waals surface area contributed by atoms with Crippen molar-refractivity contribution in [1.82, 2.24) is 10.2 Å². The molecule has 0 unspecified atom stereocenters. The molecule has 3 aromatic rings. The number of aryl methyl sites for hydroxylation is 2. The molecule has 0 spiro atoms. The van der Waals surface area contributed by atoms with Crippen molar-refractivity contribution in [3.63, 3.8) is 0 Å². The van der Waals surface area contributed by atoms with Crippen LogP contribution in [0.15, 0.2) is 42.5 Å². The summed E-state index contributed by atoms with van der Waals surface area (Å²) in [5, 5.41) is 22.0. The zero-order valence-corrected chi connectivity index (χ0v) is 38.8. The lowest BCUT2D eigenvalue weighted by Crippen LogP contribution is -2.40. The summed E-state index contributed by atoms with van der Waals surface area (Å²) in [5.41, 5.74) is 13.0. The van der Waals surface area contributed by atoms with Crippen molar-refractivity contribution < 1.29 is 29.2 Å². The summed E-state index contributed by atoms with van der Waals surface area (Å²) in [7, 11) is 3.35. The predicted octanol–water partition coefficient (Wildman–Crippen LogP) is 9.70. The fourth-order valence-electron chi connectivity index (χ4n) is 5.26. The van der Waals surface area contributed by atoms with E-state index in [4.69, 9.17) is 43.1 Å². The minimum atomic E-state index is -0.464. The molecule has 1 amide bonds. The van der Waals surface area contributed by atoms with Gasteiger partial charge in [0.05, 0.1) is 26.1 Å². The van der Waals surface area contributed by atoms with Gasteiger partial charge in [0, 0.05) is 30.3 Å². The maximum Gasteiger partial charge on any atom is 0.410 e. The first-order chi connectivity index (χ1) is 24.0. The van der Waals surface area contributed by atoms with Gasteiger partial charge in [-0.2, -0.15) is 0 Å². The van der Waals surface area contributed by atoms with Crippen LogP contribution in [0, 0.1) is 13.8 Å².